The maximum Gasteiger partial charge on any atom is 0.268 e. The summed E-state index contributed by atoms with van der Waals surface area (Å²) in [6.45, 7) is 0.771. The van der Waals surface area contributed by atoms with E-state index in [1.165, 1.54) is 24.2 Å². The summed E-state index contributed by atoms with van der Waals surface area (Å²) >= 11 is 1.41. The quantitative estimate of drug-likeness (QED) is 0.800. The van der Waals surface area contributed by atoms with Crippen LogP contribution in [0.4, 0.5) is 0 Å². The minimum Gasteiger partial charge on any atom is -0.396 e. The average molecular weight is 293 g/mol. The van der Waals surface area contributed by atoms with Crippen molar-refractivity contribution in [3.63, 3.8) is 0 Å². The third kappa shape index (κ3) is 2.77. The van der Waals surface area contributed by atoms with Crippen LogP contribution in [0.1, 0.15) is 31.5 Å². The predicted octanol–water partition coefficient (Wildman–Crippen LogP) is 1.63. The highest BCUT2D eigenvalue weighted by atomic mass is 32.1. The Hall–Kier alpha value is -1.24. The molecule has 1 aliphatic rings. The third-order valence-corrected chi connectivity index (χ3v) is 4.94. The summed E-state index contributed by atoms with van der Waals surface area (Å²) in [7, 11) is 0. The lowest BCUT2D eigenvalue weighted by molar-refractivity contribution is 0.152. The smallest absolute Gasteiger partial charge is 0.268 e. The van der Waals surface area contributed by atoms with Gasteiger partial charge in [-0.25, -0.2) is 4.98 Å². The maximum absolute atomic E-state index is 11.9. The summed E-state index contributed by atoms with van der Waals surface area (Å²) in [4.78, 5) is 19.2. The molecule has 2 aromatic rings. The van der Waals surface area contributed by atoms with E-state index in [0.29, 0.717) is 29.0 Å². The molecule has 20 heavy (non-hydrogen) atoms. The molecule has 2 aromatic heterocycles. The molecule has 2 heterocycles. The largest absolute Gasteiger partial charge is 0.396 e. The number of nitrogens with one attached hydrogen (secondary N) is 2. The number of fused-ring (bicyclic) bond motifs is 1. The monoisotopic (exact) mass is 293 g/mol. The van der Waals surface area contributed by atoms with Crippen LogP contribution >= 0.6 is 11.3 Å². The summed E-state index contributed by atoms with van der Waals surface area (Å²) in [5.41, 5.74) is 0.696. The fraction of sp³-hybridized carbons (Fsp3) is 0.571. The maximum atomic E-state index is 11.9. The van der Waals surface area contributed by atoms with Crippen LogP contribution in [0.2, 0.25) is 0 Å². The number of hydrogen-bond donors (Lipinski definition) is 3. The topological polar surface area (TPSA) is 78.0 Å². The van der Waals surface area contributed by atoms with Gasteiger partial charge in [-0.1, -0.05) is 12.8 Å². The Balaban J connectivity index is 1.71. The standard InChI is InChI=1S/C14H19N3O2S/c18-8-9-3-1-2-4-10(9)15-7-12-16-11-5-6-20-13(11)14(19)17-12/h5-6,9-10,15,18H,1-4,7-8H2,(H,16,17,19). The molecule has 0 amide bonds. The second-order valence-electron chi connectivity index (χ2n) is 5.36. The predicted molar refractivity (Wildman–Crippen MR) is 79.9 cm³/mol. The van der Waals surface area contributed by atoms with E-state index in [1.54, 1.807) is 0 Å². The van der Waals surface area contributed by atoms with E-state index in [1.807, 2.05) is 11.4 Å². The fourth-order valence-corrected chi connectivity index (χ4v) is 3.65. The molecule has 1 aliphatic carbocycles. The number of aliphatic hydroxyl groups is 1. The second-order valence-corrected chi connectivity index (χ2v) is 6.28. The van der Waals surface area contributed by atoms with Crippen molar-refractivity contribution in [3.8, 4) is 0 Å². The summed E-state index contributed by atoms with van der Waals surface area (Å²) in [6.07, 6.45) is 4.54. The Morgan fingerprint density at radius 3 is 3.15 bits per heavy atom. The van der Waals surface area contributed by atoms with E-state index in [-0.39, 0.29) is 12.2 Å². The highest BCUT2D eigenvalue weighted by Crippen LogP contribution is 2.24. The van der Waals surface area contributed by atoms with Crippen LogP contribution in [0.15, 0.2) is 16.2 Å². The molecular weight excluding hydrogens is 274 g/mol. The SMILES string of the molecule is O=c1[nH]c(CNC2CCCCC2CO)nc2ccsc12. The number of aliphatic hydroxyl groups excluding tert-OH is 1. The number of aromatic nitrogens is 2. The van der Waals surface area contributed by atoms with Crippen molar-refractivity contribution in [2.24, 2.45) is 5.92 Å². The molecule has 0 spiro atoms. The molecule has 0 aliphatic heterocycles. The van der Waals surface area contributed by atoms with E-state index in [2.05, 4.69) is 15.3 Å². The van der Waals surface area contributed by atoms with Crippen LogP contribution in [0.5, 0.6) is 0 Å². The molecule has 6 heteroatoms. The van der Waals surface area contributed by atoms with E-state index in [4.69, 9.17) is 0 Å². The molecule has 3 rings (SSSR count). The van der Waals surface area contributed by atoms with Crippen molar-refractivity contribution in [3.05, 3.63) is 27.6 Å². The summed E-state index contributed by atoms with van der Waals surface area (Å²) in [5.74, 6) is 0.989. The molecule has 0 saturated heterocycles. The zero-order valence-corrected chi connectivity index (χ0v) is 12.1. The lowest BCUT2D eigenvalue weighted by Gasteiger charge is -2.30. The minimum absolute atomic E-state index is 0.0656. The molecule has 108 valence electrons. The van der Waals surface area contributed by atoms with Crippen LogP contribution in [0, 0.1) is 5.92 Å². The highest BCUT2D eigenvalue weighted by molar-refractivity contribution is 7.17. The lowest BCUT2D eigenvalue weighted by Crippen LogP contribution is -2.40. The number of hydrogen-bond acceptors (Lipinski definition) is 5. The first-order valence-corrected chi connectivity index (χ1v) is 7.96. The van der Waals surface area contributed by atoms with Crippen LogP contribution in [-0.2, 0) is 6.54 Å². The van der Waals surface area contributed by atoms with E-state index < -0.39 is 0 Å². The van der Waals surface area contributed by atoms with Crippen molar-refractivity contribution < 1.29 is 5.11 Å². The fourth-order valence-electron chi connectivity index (χ4n) is 2.93. The first-order chi connectivity index (χ1) is 9.78. The molecule has 2 unspecified atom stereocenters. The van der Waals surface area contributed by atoms with Crippen LogP contribution in [0.25, 0.3) is 10.2 Å². The minimum atomic E-state index is -0.0656. The van der Waals surface area contributed by atoms with Gasteiger partial charge < -0.3 is 15.4 Å². The van der Waals surface area contributed by atoms with Crippen molar-refractivity contribution in [2.75, 3.05) is 6.61 Å². The first-order valence-electron chi connectivity index (χ1n) is 7.08. The number of rotatable bonds is 4. The Morgan fingerprint density at radius 2 is 2.30 bits per heavy atom. The second kappa shape index (κ2) is 6.03. The molecule has 1 saturated carbocycles. The summed E-state index contributed by atoms with van der Waals surface area (Å²) in [6, 6.07) is 2.19. The Kier molecular flexibility index (Phi) is 4.14. The van der Waals surface area contributed by atoms with E-state index in [0.717, 1.165) is 18.4 Å². The Morgan fingerprint density at radius 1 is 1.45 bits per heavy atom. The van der Waals surface area contributed by atoms with Gasteiger partial charge in [0, 0.05) is 12.6 Å². The Labute approximate surface area is 121 Å². The molecule has 0 bridgehead atoms. The summed E-state index contributed by atoms with van der Waals surface area (Å²) in [5, 5.41) is 14.7. The molecule has 5 nitrogen and oxygen atoms in total. The van der Waals surface area contributed by atoms with Crippen molar-refractivity contribution >= 4 is 21.6 Å². The van der Waals surface area contributed by atoms with Crippen LogP contribution < -0.4 is 10.9 Å². The van der Waals surface area contributed by atoms with Gasteiger partial charge in [-0.15, -0.1) is 11.3 Å². The van der Waals surface area contributed by atoms with E-state index >= 15 is 0 Å². The summed E-state index contributed by atoms with van der Waals surface area (Å²) < 4.78 is 0.680. The van der Waals surface area contributed by atoms with Crippen LogP contribution in [0.3, 0.4) is 0 Å². The van der Waals surface area contributed by atoms with Gasteiger partial charge in [0.15, 0.2) is 0 Å². The van der Waals surface area contributed by atoms with Gasteiger partial charge in [0.25, 0.3) is 5.56 Å². The number of thiophene rings is 1. The molecule has 2 atom stereocenters. The van der Waals surface area contributed by atoms with Gasteiger partial charge in [0.05, 0.1) is 12.1 Å². The van der Waals surface area contributed by atoms with Gasteiger partial charge in [0.1, 0.15) is 10.5 Å². The molecule has 3 N–H and O–H groups in total. The normalized spacial score (nSPS) is 23.2. The molecular formula is C14H19N3O2S. The van der Waals surface area contributed by atoms with Gasteiger partial charge in [-0.3, -0.25) is 4.79 Å². The van der Waals surface area contributed by atoms with E-state index in [9.17, 15) is 9.90 Å². The number of aromatic amines is 1. The zero-order valence-electron chi connectivity index (χ0n) is 11.3. The highest BCUT2D eigenvalue weighted by Gasteiger charge is 2.24. The van der Waals surface area contributed by atoms with Crippen molar-refractivity contribution in [1.82, 2.24) is 15.3 Å². The molecule has 1 fully saturated rings. The Bertz CT molecular complexity index is 637. The van der Waals surface area contributed by atoms with Gasteiger partial charge >= 0.3 is 0 Å². The van der Waals surface area contributed by atoms with Crippen molar-refractivity contribution in [1.29, 1.82) is 0 Å². The van der Waals surface area contributed by atoms with Gasteiger partial charge in [-0.2, -0.15) is 0 Å². The van der Waals surface area contributed by atoms with Crippen molar-refractivity contribution in [2.45, 2.75) is 38.3 Å². The van der Waals surface area contributed by atoms with Gasteiger partial charge in [-0.05, 0) is 30.2 Å². The third-order valence-electron chi connectivity index (χ3n) is 4.04. The average Bonchev–Trinajstić information content (AvgIpc) is 2.94. The van der Waals surface area contributed by atoms with Crippen LogP contribution in [-0.4, -0.2) is 27.7 Å². The first kappa shape index (κ1) is 13.7. The zero-order chi connectivity index (χ0) is 13.9. The molecule has 0 aromatic carbocycles. The lowest BCUT2D eigenvalue weighted by atomic mass is 9.85. The molecule has 0 radical (unpaired) electrons. The number of H-pyrrole nitrogens is 1. The number of nitrogens with zero attached hydrogens (tertiary/aromatic N) is 1. The van der Waals surface area contributed by atoms with Gasteiger partial charge in [0.2, 0.25) is 0 Å².